The smallest absolute Gasteiger partial charge is 0.238 e. The summed E-state index contributed by atoms with van der Waals surface area (Å²) in [4.78, 5) is 13.5. The Bertz CT molecular complexity index is 1110. The number of hydrogen-bond acceptors (Lipinski definition) is 9. The van der Waals surface area contributed by atoms with E-state index in [-0.39, 0.29) is 14.3 Å². The number of aliphatic hydroxyl groups is 1. The van der Waals surface area contributed by atoms with Crippen LogP contribution >= 0.6 is 11.8 Å². The predicted molar refractivity (Wildman–Crippen MR) is 172 cm³/mol. The molecule has 1 unspecified atom stereocenters. The third-order valence-corrected chi connectivity index (χ3v) is 7.68. The molecular formula is C31H51N5O4S. The second kappa shape index (κ2) is 17.4. The zero-order chi connectivity index (χ0) is 27.6. The Morgan fingerprint density at radius 3 is 2.34 bits per heavy atom. The lowest BCUT2D eigenvalue weighted by atomic mass is 10.1. The van der Waals surface area contributed by atoms with Crippen molar-refractivity contribution >= 4 is 23.1 Å². The zero-order valence-corrected chi connectivity index (χ0v) is 25.0. The summed E-state index contributed by atoms with van der Waals surface area (Å²) in [6, 6.07) is 9.20. The highest BCUT2D eigenvalue weighted by atomic mass is 32.2. The van der Waals surface area contributed by atoms with Crippen molar-refractivity contribution in [2.75, 3.05) is 51.7 Å². The van der Waals surface area contributed by atoms with Crippen LogP contribution in [0.2, 0.25) is 0 Å². The molecule has 9 nitrogen and oxygen atoms in total. The topological polar surface area (TPSA) is 123 Å². The van der Waals surface area contributed by atoms with Gasteiger partial charge in [-0.2, -0.15) is 0 Å². The van der Waals surface area contributed by atoms with Crippen LogP contribution in [0.15, 0.2) is 47.5 Å². The van der Waals surface area contributed by atoms with Gasteiger partial charge in [-0.3, -0.25) is 4.98 Å². The number of rotatable bonds is 9. The van der Waals surface area contributed by atoms with Crippen LogP contribution in [0.25, 0.3) is 0 Å². The minimum Gasteiger partial charge on any atom is -0.474 e. The molecule has 2 fully saturated rings. The Labute approximate surface area is 251 Å². The maximum atomic E-state index is 7.00. The number of methoxy groups -OCH3 is 1. The average molecular weight is 590 g/mol. The number of fused-ring (bicyclic) bond motifs is 1. The van der Waals surface area contributed by atoms with E-state index in [1.807, 2.05) is 11.8 Å². The normalized spacial score (nSPS) is 18.4. The summed E-state index contributed by atoms with van der Waals surface area (Å²) in [7, 11) is 4.25. The highest BCUT2D eigenvalue weighted by Crippen LogP contribution is 2.46. The fraction of sp³-hybridized carbons (Fsp3) is 0.548. The van der Waals surface area contributed by atoms with E-state index in [9.17, 15) is 0 Å². The number of nitrogens with zero attached hydrogens (tertiary/aromatic N) is 3. The Morgan fingerprint density at radius 1 is 1.12 bits per heavy atom. The van der Waals surface area contributed by atoms with E-state index >= 15 is 0 Å². The zero-order valence-electron chi connectivity index (χ0n) is 24.2. The average Bonchev–Trinajstić information content (AvgIpc) is 3.89. The first-order valence-electron chi connectivity index (χ1n) is 13.9. The van der Waals surface area contributed by atoms with E-state index in [0.717, 1.165) is 49.8 Å². The molecule has 0 amide bonds. The summed E-state index contributed by atoms with van der Waals surface area (Å²) in [5.41, 5.74) is 5.88. The molecule has 0 spiro atoms. The van der Waals surface area contributed by atoms with Crippen molar-refractivity contribution < 1.29 is 21.5 Å². The third kappa shape index (κ3) is 9.72. The summed E-state index contributed by atoms with van der Waals surface area (Å²) < 4.78 is 10.2. The molecule has 4 aliphatic rings. The number of nitrogens with one attached hydrogen (secondary N) is 2. The van der Waals surface area contributed by atoms with Gasteiger partial charge in [-0.15, -0.1) is 11.8 Å². The van der Waals surface area contributed by atoms with Gasteiger partial charge >= 0.3 is 0 Å². The van der Waals surface area contributed by atoms with Gasteiger partial charge in [0.2, 0.25) is 5.88 Å². The van der Waals surface area contributed by atoms with Crippen LogP contribution in [0, 0.1) is 0 Å². The molecule has 0 radical (unpaired) electrons. The molecule has 0 aromatic carbocycles. The highest BCUT2D eigenvalue weighted by molar-refractivity contribution is 8.03. The fourth-order valence-electron chi connectivity index (χ4n) is 4.64. The van der Waals surface area contributed by atoms with Crippen molar-refractivity contribution in [3.8, 4) is 5.88 Å². The van der Waals surface area contributed by atoms with Crippen LogP contribution in [0.5, 0.6) is 5.88 Å². The molecule has 2 aliphatic heterocycles. The van der Waals surface area contributed by atoms with Gasteiger partial charge in [-0.25, -0.2) is 4.98 Å². The van der Waals surface area contributed by atoms with Crippen LogP contribution in [0.4, 0.5) is 11.4 Å². The molecule has 5 N–H and O–H groups in total. The van der Waals surface area contributed by atoms with Crippen LogP contribution in [0.3, 0.4) is 0 Å². The summed E-state index contributed by atoms with van der Waals surface area (Å²) in [6.45, 7) is 5.24. The standard InChI is InChI=1S/C27H33N5OS.C2H6O.CH4O.CH4.H2O.H2/c1-2-34-23-9-7-20(29-17-23)15-28-16-21-8-10-26-27(30-21)33-12-11-32(26)22-13-24(18-3-4-18)31-25(14-22)19-5-6-19;1-3-2;1-2;;;/h7-10,13-14,17-20,28-29H,2-6,11-12,15-16H2,1H3;1-2H3;2H,1H3;1H4;1H2;1H. The van der Waals surface area contributed by atoms with Crippen molar-refractivity contribution in [1.82, 2.24) is 20.6 Å². The van der Waals surface area contributed by atoms with E-state index in [1.165, 1.54) is 47.7 Å². The van der Waals surface area contributed by atoms with E-state index in [2.05, 4.69) is 69.8 Å². The Morgan fingerprint density at radius 2 is 1.78 bits per heavy atom. The number of aliphatic hydroxyl groups excluding tert-OH is 1. The second-order valence-electron chi connectivity index (χ2n) is 10.0. The van der Waals surface area contributed by atoms with Crippen LogP contribution in [-0.2, 0) is 11.3 Å². The number of ether oxygens (including phenoxy) is 2. The quantitative estimate of drug-likeness (QED) is 0.375. The molecule has 2 aromatic rings. The van der Waals surface area contributed by atoms with Gasteiger partial charge in [0.05, 0.1) is 18.3 Å². The molecule has 41 heavy (non-hydrogen) atoms. The lowest BCUT2D eigenvalue weighted by Crippen LogP contribution is -2.35. The summed E-state index contributed by atoms with van der Waals surface area (Å²) in [5.74, 6) is 3.15. The predicted octanol–water partition coefficient (Wildman–Crippen LogP) is 4.90. The number of aromatic nitrogens is 2. The van der Waals surface area contributed by atoms with E-state index < -0.39 is 0 Å². The first-order chi connectivity index (χ1) is 19.2. The molecule has 0 saturated heterocycles. The fourth-order valence-corrected chi connectivity index (χ4v) is 5.30. The van der Waals surface area contributed by atoms with Gasteiger partial charge in [0.1, 0.15) is 12.3 Å². The number of pyridine rings is 2. The van der Waals surface area contributed by atoms with Crippen molar-refractivity contribution in [2.24, 2.45) is 0 Å². The SMILES string of the molecule is C.CCSC1=CNC(CNCc2ccc3c(n2)OCCN3c2cc(C3CC3)nc(C3CC3)c2)C=C1.CO.COC.O.[HH]. The largest absolute Gasteiger partial charge is 0.474 e. The lowest BCUT2D eigenvalue weighted by Gasteiger charge is -2.31. The van der Waals surface area contributed by atoms with Crippen LogP contribution in [-0.4, -0.2) is 73.4 Å². The van der Waals surface area contributed by atoms with Crippen LogP contribution < -0.4 is 20.3 Å². The molecule has 230 valence electrons. The summed E-state index contributed by atoms with van der Waals surface area (Å²) in [5, 5.41) is 14.0. The second-order valence-corrected chi connectivity index (χ2v) is 11.3. The molecule has 4 heterocycles. The van der Waals surface area contributed by atoms with Gasteiger partial charge in [0, 0.05) is 75.9 Å². The Hall–Kier alpha value is -2.63. The molecule has 2 saturated carbocycles. The van der Waals surface area contributed by atoms with Gasteiger partial charge in [-0.1, -0.05) is 20.4 Å². The summed E-state index contributed by atoms with van der Waals surface area (Å²) in [6.07, 6.45) is 11.7. The minimum absolute atomic E-state index is 0. The van der Waals surface area contributed by atoms with E-state index in [1.54, 1.807) is 14.2 Å². The van der Waals surface area contributed by atoms with Gasteiger partial charge < -0.3 is 35.6 Å². The number of dihydropyridines is 1. The highest BCUT2D eigenvalue weighted by Gasteiger charge is 2.31. The molecule has 1 atom stereocenters. The van der Waals surface area contributed by atoms with E-state index in [4.69, 9.17) is 19.8 Å². The maximum Gasteiger partial charge on any atom is 0.238 e. The molecular weight excluding hydrogens is 538 g/mol. The lowest BCUT2D eigenvalue weighted by molar-refractivity contribution is 0.277. The van der Waals surface area contributed by atoms with Gasteiger partial charge in [-0.05, 0) is 61.8 Å². The monoisotopic (exact) mass is 589 g/mol. The van der Waals surface area contributed by atoms with E-state index in [0.29, 0.717) is 24.5 Å². The Kier molecular flexibility index (Phi) is 14.6. The molecule has 10 heteroatoms. The Balaban J connectivity index is 0.00000104. The third-order valence-electron chi connectivity index (χ3n) is 6.81. The van der Waals surface area contributed by atoms with Crippen LogP contribution in [0.1, 0.15) is 70.4 Å². The number of thioether (sulfide) groups is 1. The van der Waals surface area contributed by atoms with Gasteiger partial charge in [0.25, 0.3) is 0 Å². The molecule has 0 bridgehead atoms. The summed E-state index contributed by atoms with van der Waals surface area (Å²) >= 11 is 1.86. The van der Waals surface area contributed by atoms with Crippen molar-refractivity contribution in [2.45, 2.75) is 64.5 Å². The van der Waals surface area contributed by atoms with Crippen molar-refractivity contribution in [3.05, 3.63) is 64.6 Å². The first-order valence-corrected chi connectivity index (χ1v) is 14.9. The van der Waals surface area contributed by atoms with Gasteiger partial charge in [0.15, 0.2) is 0 Å². The maximum absolute atomic E-state index is 7.00. The minimum atomic E-state index is 0. The number of anilines is 2. The number of hydrogen-bond donors (Lipinski definition) is 3. The van der Waals surface area contributed by atoms with Crippen molar-refractivity contribution in [3.63, 3.8) is 0 Å². The van der Waals surface area contributed by atoms with Crippen molar-refractivity contribution in [1.29, 1.82) is 0 Å². The molecule has 2 aliphatic carbocycles. The molecule has 6 rings (SSSR count). The number of allylic oxidation sites excluding steroid dienone is 1. The molecule has 2 aromatic heterocycles. The first kappa shape index (κ1) is 34.6.